The van der Waals surface area contributed by atoms with Crippen molar-refractivity contribution >= 4 is 5.91 Å². The molecular formula is C15H24N2O2. The Morgan fingerprint density at radius 2 is 2.37 bits per heavy atom. The molecule has 0 spiro atoms. The molecular weight excluding hydrogens is 240 g/mol. The summed E-state index contributed by atoms with van der Waals surface area (Å²) < 4.78 is 5.34. The minimum absolute atomic E-state index is 0.0198. The van der Waals surface area contributed by atoms with Crippen molar-refractivity contribution in [2.24, 2.45) is 5.41 Å². The van der Waals surface area contributed by atoms with Crippen molar-refractivity contribution in [3.05, 3.63) is 24.2 Å². The van der Waals surface area contributed by atoms with Crippen LogP contribution in [-0.2, 0) is 11.3 Å². The lowest BCUT2D eigenvalue weighted by molar-refractivity contribution is -0.138. The summed E-state index contributed by atoms with van der Waals surface area (Å²) in [5, 5.41) is 3.38. The third-order valence-corrected chi connectivity index (χ3v) is 3.99. The number of nitrogens with zero attached hydrogens (tertiary/aromatic N) is 1. The Morgan fingerprint density at radius 1 is 1.58 bits per heavy atom. The Morgan fingerprint density at radius 3 is 2.95 bits per heavy atom. The Hall–Kier alpha value is -1.29. The van der Waals surface area contributed by atoms with E-state index in [1.807, 2.05) is 24.0 Å². The summed E-state index contributed by atoms with van der Waals surface area (Å²) in [5.74, 6) is 1.02. The van der Waals surface area contributed by atoms with Crippen LogP contribution in [0.15, 0.2) is 22.8 Å². The van der Waals surface area contributed by atoms with E-state index in [9.17, 15) is 4.79 Å². The second kappa shape index (κ2) is 5.78. The molecule has 1 aliphatic rings. The number of rotatable bonds is 4. The summed E-state index contributed by atoms with van der Waals surface area (Å²) >= 11 is 0. The highest BCUT2D eigenvalue weighted by Crippen LogP contribution is 2.31. The molecule has 2 heterocycles. The van der Waals surface area contributed by atoms with E-state index in [1.165, 1.54) is 0 Å². The summed E-state index contributed by atoms with van der Waals surface area (Å²) in [5.41, 5.74) is 0.0198. The predicted octanol–water partition coefficient (Wildman–Crippen LogP) is 2.41. The molecule has 1 fully saturated rings. The van der Waals surface area contributed by atoms with E-state index in [0.717, 1.165) is 25.1 Å². The minimum Gasteiger partial charge on any atom is -0.467 e. The first-order chi connectivity index (χ1) is 9.04. The monoisotopic (exact) mass is 264 g/mol. The fourth-order valence-corrected chi connectivity index (χ4v) is 2.75. The van der Waals surface area contributed by atoms with Crippen LogP contribution in [0.4, 0.5) is 0 Å². The predicted molar refractivity (Wildman–Crippen MR) is 74.6 cm³/mol. The number of hydrogen-bond acceptors (Lipinski definition) is 3. The summed E-state index contributed by atoms with van der Waals surface area (Å²) in [6.45, 7) is 8.53. The molecule has 1 unspecified atom stereocenters. The van der Waals surface area contributed by atoms with Crippen LogP contribution in [-0.4, -0.2) is 29.9 Å². The van der Waals surface area contributed by atoms with Crippen LogP contribution < -0.4 is 5.32 Å². The SMILES string of the molecule is CCN(Cc1ccco1)C(=O)C1NCCCC1(C)C. The van der Waals surface area contributed by atoms with Gasteiger partial charge in [0.1, 0.15) is 5.76 Å². The van der Waals surface area contributed by atoms with Crippen LogP contribution in [0.1, 0.15) is 39.4 Å². The molecule has 0 bridgehead atoms. The zero-order valence-corrected chi connectivity index (χ0v) is 12.1. The van der Waals surface area contributed by atoms with E-state index in [1.54, 1.807) is 6.26 Å². The Labute approximate surface area is 115 Å². The molecule has 1 aliphatic heterocycles. The van der Waals surface area contributed by atoms with Gasteiger partial charge < -0.3 is 14.6 Å². The van der Waals surface area contributed by atoms with Crippen molar-refractivity contribution in [3.8, 4) is 0 Å². The second-order valence-corrected chi connectivity index (χ2v) is 5.91. The molecule has 0 aliphatic carbocycles. The molecule has 0 aromatic carbocycles. The molecule has 4 heteroatoms. The van der Waals surface area contributed by atoms with Crippen LogP contribution in [0.5, 0.6) is 0 Å². The lowest BCUT2D eigenvalue weighted by Crippen LogP contribution is -2.56. The van der Waals surface area contributed by atoms with Gasteiger partial charge in [0.15, 0.2) is 0 Å². The number of piperidine rings is 1. The second-order valence-electron chi connectivity index (χ2n) is 5.91. The Bertz CT molecular complexity index is 412. The highest BCUT2D eigenvalue weighted by Gasteiger charge is 2.38. The normalized spacial score (nSPS) is 22.2. The fourth-order valence-electron chi connectivity index (χ4n) is 2.75. The van der Waals surface area contributed by atoms with Gasteiger partial charge in [-0.3, -0.25) is 4.79 Å². The number of amides is 1. The largest absolute Gasteiger partial charge is 0.467 e. The maximum Gasteiger partial charge on any atom is 0.240 e. The van der Waals surface area contributed by atoms with Crippen molar-refractivity contribution in [1.29, 1.82) is 0 Å². The first kappa shape index (κ1) is 14.1. The first-order valence-corrected chi connectivity index (χ1v) is 7.09. The molecule has 0 saturated carbocycles. The van der Waals surface area contributed by atoms with Gasteiger partial charge in [-0.05, 0) is 43.9 Å². The molecule has 1 aromatic rings. The molecule has 1 N–H and O–H groups in total. The van der Waals surface area contributed by atoms with Gasteiger partial charge >= 0.3 is 0 Å². The first-order valence-electron chi connectivity index (χ1n) is 7.09. The van der Waals surface area contributed by atoms with Gasteiger partial charge in [-0.15, -0.1) is 0 Å². The molecule has 1 saturated heterocycles. The topological polar surface area (TPSA) is 45.5 Å². The molecule has 1 amide bonds. The molecule has 4 nitrogen and oxygen atoms in total. The van der Waals surface area contributed by atoms with Crippen LogP contribution in [0, 0.1) is 5.41 Å². The van der Waals surface area contributed by atoms with E-state index in [-0.39, 0.29) is 17.4 Å². The van der Waals surface area contributed by atoms with Gasteiger partial charge in [0.05, 0.1) is 18.8 Å². The van der Waals surface area contributed by atoms with E-state index in [0.29, 0.717) is 13.1 Å². The van der Waals surface area contributed by atoms with Crippen LogP contribution >= 0.6 is 0 Å². The molecule has 1 aromatic heterocycles. The summed E-state index contributed by atoms with van der Waals surface area (Å²) in [4.78, 5) is 14.6. The average molecular weight is 264 g/mol. The standard InChI is InChI=1S/C15H24N2O2/c1-4-17(11-12-7-5-10-19-12)14(18)13-15(2,3)8-6-9-16-13/h5,7,10,13,16H,4,6,8-9,11H2,1-3H3. The van der Waals surface area contributed by atoms with Gasteiger partial charge in [-0.25, -0.2) is 0 Å². The van der Waals surface area contributed by atoms with Crippen LogP contribution in [0.25, 0.3) is 0 Å². The number of likely N-dealkylation sites (N-methyl/N-ethyl adjacent to an activating group) is 1. The van der Waals surface area contributed by atoms with Crippen molar-refractivity contribution in [1.82, 2.24) is 10.2 Å². The van der Waals surface area contributed by atoms with Gasteiger partial charge in [-0.2, -0.15) is 0 Å². The molecule has 2 rings (SSSR count). The zero-order valence-electron chi connectivity index (χ0n) is 12.1. The van der Waals surface area contributed by atoms with Gasteiger partial charge in [-0.1, -0.05) is 13.8 Å². The molecule has 1 atom stereocenters. The van der Waals surface area contributed by atoms with E-state index < -0.39 is 0 Å². The Balaban J connectivity index is 2.07. The van der Waals surface area contributed by atoms with Crippen LogP contribution in [0.2, 0.25) is 0 Å². The smallest absolute Gasteiger partial charge is 0.240 e. The number of carbonyl (C=O) groups is 1. The van der Waals surface area contributed by atoms with Gasteiger partial charge in [0, 0.05) is 6.54 Å². The van der Waals surface area contributed by atoms with Crippen molar-refractivity contribution in [3.63, 3.8) is 0 Å². The minimum atomic E-state index is -0.0869. The summed E-state index contributed by atoms with van der Waals surface area (Å²) in [6, 6.07) is 3.68. The molecule has 106 valence electrons. The Kier molecular flexibility index (Phi) is 4.30. The summed E-state index contributed by atoms with van der Waals surface area (Å²) in [6.07, 6.45) is 3.88. The number of carbonyl (C=O) groups excluding carboxylic acids is 1. The highest BCUT2D eigenvalue weighted by molar-refractivity contribution is 5.82. The number of furan rings is 1. The van der Waals surface area contributed by atoms with E-state index >= 15 is 0 Å². The highest BCUT2D eigenvalue weighted by atomic mass is 16.3. The zero-order chi connectivity index (χ0) is 13.9. The maximum absolute atomic E-state index is 12.7. The van der Waals surface area contributed by atoms with Gasteiger partial charge in [0.25, 0.3) is 0 Å². The van der Waals surface area contributed by atoms with E-state index in [2.05, 4.69) is 19.2 Å². The number of nitrogens with one attached hydrogen (secondary N) is 1. The molecule has 0 radical (unpaired) electrons. The van der Waals surface area contributed by atoms with Crippen molar-refractivity contribution < 1.29 is 9.21 Å². The lowest BCUT2D eigenvalue weighted by atomic mass is 9.77. The average Bonchev–Trinajstić information content (AvgIpc) is 2.87. The molecule has 19 heavy (non-hydrogen) atoms. The van der Waals surface area contributed by atoms with E-state index in [4.69, 9.17) is 4.42 Å². The third kappa shape index (κ3) is 3.18. The quantitative estimate of drug-likeness (QED) is 0.908. The maximum atomic E-state index is 12.7. The third-order valence-electron chi connectivity index (χ3n) is 3.99. The summed E-state index contributed by atoms with van der Waals surface area (Å²) in [7, 11) is 0. The number of hydrogen-bond donors (Lipinski definition) is 1. The van der Waals surface area contributed by atoms with Crippen LogP contribution in [0.3, 0.4) is 0 Å². The van der Waals surface area contributed by atoms with Crippen molar-refractivity contribution in [2.45, 2.75) is 46.2 Å². The fraction of sp³-hybridized carbons (Fsp3) is 0.667. The lowest BCUT2D eigenvalue weighted by Gasteiger charge is -2.40. The van der Waals surface area contributed by atoms with Crippen molar-refractivity contribution in [2.75, 3.05) is 13.1 Å². The van der Waals surface area contributed by atoms with Gasteiger partial charge in [0.2, 0.25) is 5.91 Å².